The van der Waals surface area contributed by atoms with Crippen LogP contribution in [0, 0.1) is 6.92 Å². The fourth-order valence-corrected chi connectivity index (χ4v) is 4.17. The second kappa shape index (κ2) is 8.39. The molecule has 2 atom stereocenters. The topological polar surface area (TPSA) is 63.8 Å². The van der Waals surface area contributed by atoms with Crippen LogP contribution in [0.4, 0.5) is 0 Å². The van der Waals surface area contributed by atoms with Crippen LogP contribution in [-0.4, -0.2) is 16.0 Å². The summed E-state index contributed by atoms with van der Waals surface area (Å²) in [6.07, 6.45) is 8.57. The van der Waals surface area contributed by atoms with Crippen molar-refractivity contribution < 1.29 is 0 Å². The van der Waals surface area contributed by atoms with Gasteiger partial charge in [0.15, 0.2) is 5.82 Å². The summed E-state index contributed by atoms with van der Waals surface area (Å²) in [5, 5.41) is 1.87. The van der Waals surface area contributed by atoms with E-state index in [0.717, 1.165) is 45.8 Å². The largest absolute Gasteiger partial charge is 0.271 e. The van der Waals surface area contributed by atoms with Gasteiger partial charge >= 0.3 is 0 Å². The smallest absolute Gasteiger partial charge is 0.152 e. The van der Waals surface area contributed by atoms with Crippen LogP contribution in [0.25, 0.3) is 23.1 Å². The van der Waals surface area contributed by atoms with Crippen molar-refractivity contribution in [2.75, 3.05) is 0 Å². The monoisotopic (exact) mass is 392 g/mol. The van der Waals surface area contributed by atoms with E-state index in [0.29, 0.717) is 5.92 Å². The molecule has 0 saturated heterocycles. The molecule has 2 aromatic carbocycles. The molecule has 28 heavy (non-hydrogen) atoms. The van der Waals surface area contributed by atoms with E-state index < -0.39 is 0 Å². The maximum atomic E-state index is 5.98. The average molecular weight is 393 g/mol. The summed E-state index contributed by atoms with van der Waals surface area (Å²) in [7, 11) is 0. The van der Waals surface area contributed by atoms with Gasteiger partial charge in [0, 0.05) is 22.4 Å². The third-order valence-electron chi connectivity index (χ3n) is 5.52. The first-order chi connectivity index (χ1) is 13.6. The maximum Gasteiger partial charge on any atom is 0.152 e. The Bertz CT molecular complexity index is 997. The van der Waals surface area contributed by atoms with E-state index in [-0.39, 0.29) is 6.04 Å². The van der Waals surface area contributed by atoms with Crippen LogP contribution in [0.15, 0.2) is 42.5 Å². The number of nitrogens with one attached hydrogen (secondary N) is 1. The standard InChI is InChI=1S/C23H25ClN4/c1-15-6-12-20-19(14-15)23(18-4-2-3-5-21(18)28-25)27-22(26-20)13-9-16-7-10-17(24)11-8-16/h6-14,18,21,28H,2-5,25H2,1H3/t18-,21-/m1/s1. The van der Waals surface area contributed by atoms with Gasteiger partial charge in [-0.1, -0.05) is 54.3 Å². The quantitative estimate of drug-likeness (QED) is 0.470. The minimum Gasteiger partial charge on any atom is -0.271 e. The Morgan fingerprint density at radius 1 is 1.04 bits per heavy atom. The molecule has 0 radical (unpaired) electrons. The average Bonchev–Trinajstić information content (AvgIpc) is 2.73. The Morgan fingerprint density at radius 3 is 2.61 bits per heavy atom. The molecular formula is C23H25ClN4. The minimum atomic E-state index is 0.250. The van der Waals surface area contributed by atoms with Crippen molar-refractivity contribution in [2.45, 2.75) is 44.6 Å². The molecule has 0 spiro atoms. The van der Waals surface area contributed by atoms with E-state index in [4.69, 9.17) is 27.4 Å². The zero-order chi connectivity index (χ0) is 19.5. The van der Waals surface area contributed by atoms with Crippen LogP contribution in [0.5, 0.6) is 0 Å². The van der Waals surface area contributed by atoms with Crippen LogP contribution in [-0.2, 0) is 0 Å². The molecular weight excluding hydrogens is 368 g/mol. The molecule has 1 aliphatic rings. The Hall–Kier alpha value is -2.27. The fourth-order valence-electron chi connectivity index (χ4n) is 4.04. The molecule has 4 nitrogen and oxygen atoms in total. The Balaban J connectivity index is 1.78. The normalized spacial score (nSPS) is 20.1. The fraction of sp³-hybridized carbons (Fsp3) is 0.304. The highest BCUT2D eigenvalue weighted by Crippen LogP contribution is 2.35. The van der Waals surface area contributed by atoms with E-state index >= 15 is 0 Å². The van der Waals surface area contributed by atoms with Gasteiger partial charge in [0.1, 0.15) is 0 Å². The van der Waals surface area contributed by atoms with Crippen LogP contribution < -0.4 is 11.3 Å². The number of hydrazine groups is 1. The SMILES string of the molecule is Cc1ccc2nc(C=Cc3ccc(Cl)cc3)nc([C@@H]3CCCC[C@H]3NN)c2c1. The molecule has 1 heterocycles. The van der Waals surface area contributed by atoms with Gasteiger partial charge in [-0.05, 0) is 55.7 Å². The molecule has 1 aromatic heterocycles. The van der Waals surface area contributed by atoms with Gasteiger partial charge in [-0.2, -0.15) is 0 Å². The van der Waals surface area contributed by atoms with Gasteiger partial charge in [-0.15, -0.1) is 0 Å². The number of benzene rings is 2. The molecule has 0 bridgehead atoms. The van der Waals surface area contributed by atoms with Crippen molar-refractivity contribution in [1.29, 1.82) is 0 Å². The molecule has 0 amide bonds. The highest BCUT2D eigenvalue weighted by atomic mass is 35.5. The summed E-state index contributed by atoms with van der Waals surface area (Å²) in [5.41, 5.74) is 7.39. The maximum absolute atomic E-state index is 5.98. The predicted molar refractivity (Wildman–Crippen MR) is 117 cm³/mol. The second-order valence-corrected chi connectivity index (χ2v) is 7.97. The van der Waals surface area contributed by atoms with Gasteiger partial charge < -0.3 is 0 Å². The van der Waals surface area contributed by atoms with Crippen LogP contribution in [0.3, 0.4) is 0 Å². The van der Waals surface area contributed by atoms with Crippen LogP contribution in [0.1, 0.15) is 54.2 Å². The molecule has 1 saturated carbocycles. The number of aryl methyl sites for hydroxylation is 1. The van der Waals surface area contributed by atoms with E-state index in [1.54, 1.807) is 0 Å². The number of rotatable bonds is 4. The zero-order valence-electron chi connectivity index (χ0n) is 16.0. The minimum absolute atomic E-state index is 0.250. The Kier molecular flexibility index (Phi) is 5.72. The number of fused-ring (bicyclic) bond motifs is 1. The number of aromatic nitrogens is 2. The van der Waals surface area contributed by atoms with Crippen molar-refractivity contribution in [1.82, 2.24) is 15.4 Å². The lowest BCUT2D eigenvalue weighted by Crippen LogP contribution is -2.41. The molecule has 0 aliphatic heterocycles. The van der Waals surface area contributed by atoms with E-state index in [1.165, 1.54) is 18.4 Å². The van der Waals surface area contributed by atoms with Crippen molar-refractivity contribution in [3.05, 3.63) is 70.1 Å². The summed E-state index contributed by atoms with van der Waals surface area (Å²) in [6, 6.07) is 14.4. The number of hydrogen-bond acceptors (Lipinski definition) is 4. The summed E-state index contributed by atoms with van der Waals surface area (Å²) < 4.78 is 0. The Morgan fingerprint density at radius 2 is 1.82 bits per heavy atom. The molecule has 1 aliphatic carbocycles. The third-order valence-corrected chi connectivity index (χ3v) is 5.78. The highest BCUT2D eigenvalue weighted by Gasteiger charge is 2.28. The molecule has 4 rings (SSSR count). The number of nitrogens with zero attached hydrogens (tertiary/aromatic N) is 2. The van der Waals surface area contributed by atoms with Crippen molar-refractivity contribution in [3.8, 4) is 0 Å². The van der Waals surface area contributed by atoms with Crippen LogP contribution in [0.2, 0.25) is 5.02 Å². The molecule has 5 heteroatoms. The summed E-state index contributed by atoms with van der Waals surface area (Å²) in [4.78, 5) is 9.76. The van der Waals surface area contributed by atoms with E-state index in [9.17, 15) is 0 Å². The lowest BCUT2D eigenvalue weighted by atomic mass is 9.81. The lowest BCUT2D eigenvalue weighted by molar-refractivity contribution is 0.328. The van der Waals surface area contributed by atoms with Crippen molar-refractivity contribution in [2.24, 2.45) is 5.84 Å². The highest BCUT2D eigenvalue weighted by molar-refractivity contribution is 6.30. The van der Waals surface area contributed by atoms with Crippen LogP contribution >= 0.6 is 11.6 Å². The number of nitrogens with two attached hydrogens (primary N) is 1. The predicted octanol–water partition coefficient (Wildman–Crippen LogP) is 5.25. The van der Waals surface area contributed by atoms with E-state index in [2.05, 4.69) is 30.5 Å². The molecule has 1 fully saturated rings. The molecule has 0 unspecified atom stereocenters. The molecule has 3 N–H and O–H groups in total. The zero-order valence-corrected chi connectivity index (χ0v) is 16.8. The number of halogens is 1. The molecule has 3 aromatic rings. The van der Waals surface area contributed by atoms with Gasteiger partial charge in [-0.3, -0.25) is 11.3 Å². The first-order valence-corrected chi connectivity index (χ1v) is 10.2. The van der Waals surface area contributed by atoms with Crippen molar-refractivity contribution in [3.63, 3.8) is 0 Å². The van der Waals surface area contributed by atoms with Gasteiger partial charge in [-0.25, -0.2) is 9.97 Å². The Labute approximate surface area is 170 Å². The van der Waals surface area contributed by atoms with Gasteiger partial charge in [0.25, 0.3) is 0 Å². The summed E-state index contributed by atoms with van der Waals surface area (Å²) in [5.74, 6) is 6.90. The number of hydrogen-bond donors (Lipinski definition) is 2. The lowest BCUT2D eigenvalue weighted by Gasteiger charge is -2.31. The first-order valence-electron chi connectivity index (χ1n) is 9.82. The second-order valence-electron chi connectivity index (χ2n) is 7.54. The third kappa shape index (κ3) is 4.09. The molecule has 144 valence electrons. The van der Waals surface area contributed by atoms with E-state index in [1.807, 2.05) is 36.4 Å². The van der Waals surface area contributed by atoms with Crippen molar-refractivity contribution >= 4 is 34.7 Å². The summed E-state index contributed by atoms with van der Waals surface area (Å²) in [6.45, 7) is 2.11. The summed E-state index contributed by atoms with van der Waals surface area (Å²) >= 11 is 5.98. The first kappa shape index (κ1) is 19.1. The van der Waals surface area contributed by atoms with Gasteiger partial charge in [0.05, 0.1) is 11.2 Å². The van der Waals surface area contributed by atoms with Gasteiger partial charge in [0.2, 0.25) is 0 Å².